The van der Waals surface area contributed by atoms with E-state index < -0.39 is 11.8 Å². The minimum absolute atomic E-state index is 0.00779. The third-order valence-corrected chi connectivity index (χ3v) is 4.98. The van der Waals surface area contributed by atoms with Crippen LogP contribution in [0.15, 0.2) is 53.1 Å². The van der Waals surface area contributed by atoms with Gasteiger partial charge >= 0.3 is 0 Å². The van der Waals surface area contributed by atoms with Gasteiger partial charge in [-0.3, -0.25) is 25.2 Å². The highest BCUT2D eigenvalue weighted by atomic mass is 79.9. The lowest BCUT2D eigenvalue weighted by atomic mass is 10.0. The number of hydrogen-bond acceptors (Lipinski definition) is 3. The summed E-state index contributed by atoms with van der Waals surface area (Å²) in [4.78, 5) is 39.8. The fourth-order valence-electron chi connectivity index (χ4n) is 2.86. The Labute approximate surface area is 169 Å². The van der Waals surface area contributed by atoms with Gasteiger partial charge in [0.2, 0.25) is 5.91 Å². The predicted octanol–water partition coefficient (Wildman–Crippen LogP) is 3.35. The van der Waals surface area contributed by atoms with Crippen LogP contribution in [0.1, 0.15) is 33.7 Å². The third-order valence-electron chi connectivity index (χ3n) is 4.52. The van der Waals surface area contributed by atoms with Crippen LogP contribution in [-0.4, -0.2) is 22.7 Å². The number of hydrazine groups is 1. The quantitative estimate of drug-likeness (QED) is 0.467. The second-order valence-electron chi connectivity index (χ2n) is 6.65. The largest absolute Gasteiger partial charge is 0.356 e. The zero-order valence-electron chi connectivity index (χ0n) is 14.7. The molecule has 1 aliphatic rings. The molecule has 0 atom stereocenters. The molecule has 0 unspecified atom stereocenters. The van der Waals surface area contributed by atoms with Crippen molar-refractivity contribution in [1.29, 1.82) is 0 Å². The van der Waals surface area contributed by atoms with E-state index in [1.54, 1.807) is 24.4 Å². The molecule has 28 heavy (non-hydrogen) atoms. The van der Waals surface area contributed by atoms with E-state index >= 15 is 0 Å². The first-order valence-corrected chi connectivity index (χ1v) is 9.59. The van der Waals surface area contributed by atoms with Crippen LogP contribution in [-0.2, 0) is 4.79 Å². The molecule has 4 rings (SSSR count). The van der Waals surface area contributed by atoms with E-state index in [1.807, 2.05) is 24.3 Å². The SMILES string of the molecule is O=C(NNC(=O)c1cc2ccccc2cc1NC(=O)C1CC1)c1cc(Br)c[nH]1. The number of anilines is 1. The van der Waals surface area contributed by atoms with Crippen molar-refractivity contribution >= 4 is 50.1 Å². The summed E-state index contributed by atoms with van der Waals surface area (Å²) in [5.74, 6) is -1.09. The van der Waals surface area contributed by atoms with Crippen molar-refractivity contribution < 1.29 is 14.4 Å². The molecular weight excluding hydrogens is 424 g/mol. The van der Waals surface area contributed by atoms with E-state index in [-0.39, 0.29) is 17.4 Å². The molecule has 1 aliphatic carbocycles. The number of halogens is 1. The first kappa shape index (κ1) is 18.2. The average Bonchev–Trinajstić information content (AvgIpc) is 3.46. The summed E-state index contributed by atoms with van der Waals surface area (Å²) in [6.45, 7) is 0. The summed E-state index contributed by atoms with van der Waals surface area (Å²) < 4.78 is 0.726. The van der Waals surface area contributed by atoms with Crippen molar-refractivity contribution in [3.05, 3.63) is 64.4 Å². The van der Waals surface area contributed by atoms with Crippen molar-refractivity contribution in [2.75, 3.05) is 5.32 Å². The molecule has 0 bridgehead atoms. The van der Waals surface area contributed by atoms with Gasteiger partial charge in [-0.05, 0) is 57.7 Å². The van der Waals surface area contributed by atoms with Gasteiger partial charge in [-0.15, -0.1) is 0 Å². The van der Waals surface area contributed by atoms with Crippen LogP contribution >= 0.6 is 15.9 Å². The molecule has 3 aromatic rings. The summed E-state index contributed by atoms with van der Waals surface area (Å²) in [6, 6.07) is 12.6. The maximum atomic E-state index is 12.7. The van der Waals surface area contributed by atoms with E-state index in [9.17, 15) is 14.4 Å². The Balaban J connectivity index is 1.57. The van der Waals surface area contributed by atoms with Crippen LogP contribution in [0.25, 0.3) is 10.8 Å². The topological polar surface area (TPSA) is 103 Å². The number of H-pyrrole nitrogens is 1. The number of rotatable bonds is 4. The normalized spacial score (nSPS) is 13.2. The van der Waals surface area contributed by atoms with Gasteiger partial charge in [0.25, 0.3) is 11.8 Å². The number of amides is 3. The Hall–Kier alpha value is -3.13. The fraction of sp³-hybridized carbons (Fsp3) is 0.150. The predicted molar refractivity (Wildman–Crippen MR) is 109 cm³/mol. The Bertz CT molecular complexity index is 1090. The van der Waals surface area contributed by atoms with Crippen LogP contribution < -0.4 is 16.2 Å². The van der Waals surface area contributed by atoms with Crippen LogP contribution in [0.4, 0.5) is 5.69 Å². The summed E-state index contributed by atoms with van der Waals surface area (Å²) in [6.07, 6.45) is 3.34. The van der Waals surface area contributed by atoms with Gasteiger partial charge in [0, 0.05) is 16.6 Å². The van der Waals surface area contributed by atoms with Crippen molar-refractivity contribution in [2.24, 2.45) is 5.92 Å². The van der Waals surface area contributed by atoms with Crippen molar-refractivity contribution in [1.82, 2.24) is 15.8 Å². The molecule has 1 saturated carbocycles. The molecule has 1 aromatic heterocycles. The molecule has 4 N–H and O–H groups in total. The number of carbonyl (C=O) groups excluding carboxylic acids is 3. The van der Waals surface area contributed by atoms with E-state index in [4.69, 9.17) is 0 Å². The lowest BCUT2D eigenvalue weighted by Crippen LogP contribution is -2.42. The monoisotopic (exact) mass is 440 g/mol. The van der Waals surface area contributed by atoms with Crippen LogP contribution in [0, 0.1) is 5.92 Å². The van der Waals surface area contributed by atoms with Gasteiger partial charge in [-0.25, -0.2) is 0 Å². The van der Waals surface area contributed by atoms with E-state index in [0.717, 1.165) is 28.1 Å². The summed E-state index contributed by atoms with van der Waals surface area (Å²) in [5.41, 5.74) is 5.77. The van der Waals surface area contributed by atoms with Gasteiger partial charge in [0.1, 0.15) is 5.69 Å². The van der Waals surface area contributed by atoms with Crippen molar-refractivity contribution in [3.63, 3.8) is 0 Å². The Morgan fingerprint density at radius 1 is 0.964 bits per heavy atom. The second-order valence-corrected chi connectivity index (χ2v) is 7.56. The van der Waals surface area contributed by atoms with Gasteiger partial charge in [-0.2, -0.15) is 0 Å². The first-order valence-electron chi connectivity index (χ1n) is 8.79. The van der Waals surface area contributed by atoms with E-state index in [0.29, 0.717) is 11.4 Å². The van der Waals surface area contributed by atoms with E-state index in [1.165, 1.54) is 0 Å². The smallest absolute Gasteiger partial charge is 0.286 e. The Kier molecular flexibility index (Phi) is 4.87. The molecule has 2 aromatic carbocycles. The summed E-state index contributed by atoms with van der Waals surface area (Å²) in [5, 5.41) is 4.61. The van der Waals surface area contributed by atoms with Crippen LogP contribution in [0.5, 0.6) is 0 Å². The molecule has 0 saturated heterocycles. The first-order chi connectivity index (χ1) is 13.5. The molecular formula is C20H17BrN4O3. The summed E-state index contributed by atoms with van der Waals surface area (Å²) >= 11 is 3.25. The number of carbonyl (C=O) groups is 3. The Morgan fingerprint density at radius 3 is 2.29 bits per heavy atom. The zero-order valence-corrected chi connectivity index (χ0v) is 16.3. The number of aromatic amines is 1. The maximum absolute atomic E-state index is 12.7. The van der Waals surface area contributed by atoms with Crippen molar-refractivity contribution in [2.45, 2.75) is 12.8 Å². The molecule has 142 valence electrons. The van der Waals surface area contributed by atoms with E-state index in [2.05, 4.69) is 37.1 Å². The minimum Gasteiger partial charge on any atom is -0.356 e. The van der Waals surface area contributed by atoms with Crippen LogP contribution in [0.2, 0.25) is 0 Å². The molecule has 0 radical (unpaired) electrons. The Morgan fingerprint density at radius 2 is 1.64 bits per heavy atom. The van der Waals surface area contributed by atoms with Gasteiger partial charge < -0.3 is 10.3 Å². The minimum atomic E-state index is -0.518. The zero-order chi connectivity index (χ0) is 19.7. The van der Waals surface area contributed by atoms with Gasteiger partial charge in [0.05, 0.1) is 11.3 Å². The lowest BCUT2D eigenvalue weighted by molar-refractivity contribution is -0.117. The van der Waals surface area contributed by atoms with Gasteiger partial charge in [0.15, 0.2) is 0 Å². The lowest BCUT2D eigenvalue weighted by Gasteiger charge is -2.13. The number of nitrogens with one attached hydrogen (secondary N) is 4. The standard InChI is InChI=1S/C20H17BrN4O3/c21-14-9-17(22-10-14)20(28)25-24-19(27)15-7-12-3-1-2-4-13(12)8-16(15)23-18(26)11-5-6-11/h1-4,7-11,22H,5-6H2,(H,23,26)(H,24,27)(H,25,28). The molecule has 0 aliphatic heterocycles. The second kappa shape index (κ2) is 7.47. The molecule has 7 nitrogen and oxygen atoms in total. The number of fused-ring (bicyclic) bond motifs is 1. The third kappa shape index (κ3) is 3.91. The van der Waals surface area contributed by atoms with Crippen molar-refractivity contribution in [3.8, 4) is 0 Å². The number of hydrogen-bond donors (Lipinski definition) is 4. The summed E-state index contributed by atoms with van der Waals surface area (Å²) in [7, 11) is 0. The number of benzene rings is 2. The maximum Gasteiger partial charge on any atom is 0.286 e. The molecule has 1 fully saturated rings. The highest BCUT2D eigenvalue weighted by Crippen LogP contribution is 2.31. The molecule has 3 amide bonds. The average molecular weight is 441 g/mol. The molecule has 0 spiro atoms. The van der Waals surface area contributed by atoms with Crippen LogP contribution in [0.3, 0.4) is 0 Å². The highest BCUT2D eigenvalue weighted by molar-refractivity contribution is 9.10. The fourth-order valence-corrected chi connectivity index (χ4v) is 3.20. The molecule has 1 heterocycles. The molecule has 8 heteroatoms. The van der Waals surface area contributed by atoms with Gasteiger partial charge in [-0.1, -0.05) is 24.3 Å². The number of aromatic nitrogens is 1. The highest BCUT2D eigenvalue weighted by Gasteiger charge is 2.30.